The van der Waals surface area contributed by atoms with Crippen LogP contribution in [0.4, 0.5) is 0 Å². The van der Waals surface area contributed by atoms with E-state index in [0.717, 1.165) is 58.6 Å². The third-order valence-corrected chi connectivity index (χ3v) is 8.25. The molecule has 1 aromatic heterocycles. The number of amides is 1. The third kappa shape index (κ3) is 8.42. The highest BCUT2D eigenvalue weighted by Crippen LogP contribution is 2.36. The molecule has 0 bridgehead atoms. The number of pyridine rings is 1. The number of hydrogen-bond acceptors (Lipinski definition) is 7. The number of hydrogen-bond donors (Lipinski definition) is 2. The lowest BCUT2D eigenvalue weighted by Gasteiger charge is -2.20. The number of nitrogens with one attached hydrogen (secondary N) is 1. The Bertz CT molecular complexity index is 1730. The molecule has 1 amide bonds. The minimum atomic E-state index is -0.250. The second-order valence-electron chi connectivity index (χ2n) is 10.9. The Kier molecular flexibility index (Phi) is 12.1. The smallest absolute Gasteiger partial charge is 0.290 e. The molecular formula is C36H37ClN4O5. The maximum Gasteiger partial charge on any atom is 0.290 e. The highest BCUT2D eigenvalue weighted by atomic mass is 35.5. The fourth-order valence-corrected chi connectivity index (χ4v) is 5.75. The molecule has 46 heavy (non-hydrogen) atoms. The average Bonchev–Trinajstić information content (AvgIpc) is 3.58. The fourth-order valence-electron chi connectivity index (χ4n) is 5.51. The van der Waals surface area contributed by atoms with Gasteiger partial charge in [0.1, 0.15) is 30.8 Å². The van der Waals surface area contributed by atoms with Gasteiger partial charge >= 0.3 is 0 Å². The average molecular weight is 641 g/mol. The molecular weight excluding hydrogens is 604 g/mol. The number of halogens is 1. The minimum Gasteiger partial charge on any atom is -0.488 e. The maximum atomic E-state index is 12.4. The molecule has 2 heterocycles. The number of nitrogens with zero attached hydrogens (tertiary/aromatic N) is 3. The Morgan fingerprint density at radius 3 is 2.37 bits per heavy atom. The van der Waals surface area contributed by atoms with E-state index >= 15 is 0 Å². The minimum absolute atomic E-state index is 0.105. The molecule has 0 aliphatic carbocycles. The summed E-state index contributed by atoms with van der Waals surface area (Å²) in [5.74, 6) is 1.13. The Morgan fingerprint density at radius 1 is 1.00 bits per heavy atom. The van der Waals surface area contributed by atoms with Crippen molar-refractivity contribution in [2.24, 2.45) is 0 Å². The van der Waals surface area contributed by atoms with Gasteiger partial charge in [0.2, 0.25) is 0 Å². The van der Waals surface area contributed by atoms with Crippen LogP contribution in [0.25, 0.3) is 11.1 Å². The molecule has 238 valence electrons. The van der Waals surface area contributed by atoms with Gasteiger partial charge in [-0.1, -0.05) is 41.9 Å². The second kappa shape index (κ2) is 16.4. The predicted molar refractivity (Wildman–Crippen MR) is 177 cm³/mol. The molecule has 1 aliphatic rings. The summed E-state index contributed by atoms with van der Waals surface area (Å²) < 4.78 is 12.6. The first-order valence-electron chi connectivity index (χ1n) is 14.9. The molecule has 10 heteroatoms. The van der Waals surface area contributed by atoms with Gasteiger partial charge < -0.3 is 19.9 Å². The summed E-state index contributed by atoms with van der Waals surface area (Å²) >= 11 is 6.78. The van der Waals surface area contributed by atoms with Gasteiger partial charge in [-0.05, 0) is 85.8 Å². The van der Waals surface area contributed by atoms with Crippen LogP contribution in [0.2, 0.25) is 5.02 Å². The van der Waals surface area contributed by atoms with Gasteiger partial charge in [0, 0.05) is 48.7 Å². The number of carbonyl (C=O) groups is 2. The van der Waals surface area contributed by atoms with Crippen LogP contribution in [0.5, 0.6) is 11.5 Å². The van der Waals surface area contributed by atoms with Crippen LogP contribution >= 0.6 is 11.6 Å². The zero-order chi connectivity index (χ0) is 33.1. The molecule has 0 atom stereocenters. The summed E-state index contributed by atoms with van der Waals surface area (Å²) in [6.45, 7) is 7.20. The third-order valence-electron chi connectivity index (χ3n) is 7.95. The zero-order valence-corrected chi connectivity index (χ0v) is 26.9. The van der Waals surface area contributed by atoms with E-state index in [4.69, 9.17) is 31.0 Å². The van der Waals surface area contributed by atoms with Crippen LogP contribution in [0.1, 0.15) is 56.6 Å². The number of likely N-dealkylation sites (tertiary alicyclic amines) is 1. The topological polar surface area (TPSA) is 125 Å². The number of aromatic nitrogens is 1. The van der Waals surface area contributed by atoms with E-state index in [1.54, 1.807) is 19.3 Å². The summed E-state index contributed by atoms with van der Waals surface area (Å²) in [6, 6.07) is 19.6. The highest BCUT2D eigenvalue weighted by molar-refractivity contribution is 6.32. The molecule has 0 spiro atoms. The molecule has 0 unspecified atom stereocenters. The Labute approximate surface area is 274 Å². The van der Waals surface area contributed by atoms with Gasteiger partial charge in [0.25, 0.3) is 12.4 Å². The number of ether oxygens (including phenoxy) is 2. The molecule has 0 radical (unpaired) electrons. The number of nitriles is 1. The Hall–Kier alpha value is -4.91. The van der Waals surface area contributed by atoms with Crippen LogP contribution in [0.15, 0.2) is 67.0 Å². The highest BCUT2D eigenvalue weighted by Gasteiger charge is 2.19. The Balaban J connectivity index is 0.00000154. The number of carboxylic acid groups (broad SMARTS) is 1. The van der Waals surface area contributed by atoms with Gasteiger partial charge in [0.15, 0.2) is 0 Å². The second-order valence-corrected chi connectivity index (χ2v) is 11.3. The van der Waals surface area contributed by atoms with Crippen molar-refractivity contribution in [3.63, 3.8) is 0 Å². The van der Waals surface area contributed by atoms with Gasteiger partial charge in [0.05, 0.1) is 10.6 Å². The van der Waals surface area contributed by atoms with E-state index in [-0.39, 0.29) is 19.0 Å². The molecule has 5 rings (SSSR count). The van der Waals surface area contributed by atoms with Crippen molar-refractivity contribution in [2.45, 2.75) is 46.4 Å². The van der Waals surface area contributed by atoms with Crippen LogP contribution in [-0.4, -0.2) is 47.5 Å². The summed E-state index contributed by atoms with van der Waals surface area (Å²) in [7, 11) is 1.64. The summed E-state index contributed by atoms with van der Waals surface area (Å²) in [4.78, 5) is 27.3. The van der Waals surface area contributed by atoms with Crippen molar-refractivity contribution >= 4 is 24.0 Å². The van der Waals surface area contributed by atoms with Crippen molar-refractivity contribution in [2.75, 3.05) is 20.1 Å². The summed E-state index contributed by atoms with van der Waals surface area (Å²) in [5.41, 5.74) is 8.03. The van der Waals surface area contributed by atoms with Crippen molar-refractivity contribution < 1.29 is 24.2 Å². The van der Waals surface area contributed by atoms with E-state index in [9.17, 15) is 10.1 Å². The van der Waals surface area contributed by atoms with Gasteiger partial charge in [-0.25, -0.2) is 0 Å². The lowest BCUT2D eigenvalue weighted by Crippen LogP contribution is -2.19. The first kappa shape index (κ1) is 34.0. The molecule has 1 saturated heterocycles. The van der Waals surface area contributed by atoms with E-state index < -0.39 is 0 Å². The molecule has 9 nitrogen and oxygen atoms in total. The van der Waals surface area contributed by atoms with Crippen molar-refractivity contribution in [1.29, 1.82) is 5.26 Å². The monoisotopic (exact) mass is 640 g/mol. The quantitative estimate of drug-likeness (QED) is 0.183. The first-order valence-corrected chi connectivity index (χ1v) is 15.3. The van der Waals surface area contributed by atoms with Crippen LogP contribution in [0, 0.1) is 25.2 Å². The van der Waals surface area contributed by atoms with Crippen molar-refractivity contribution in [3.05, 3.63) is 111 Å². The molecule has 4 aromatic rings. The number of benzene rings is 3. The van der Waals surface area contributed by atoms with Crippen LogP contribution in [-0.2, 0) is 24.6 Å². The molecule has 0 saturated carbocycles. The van der Waals surface area contributed by atoms with Crippen molar-refractivity contribution in [1.82, 2.24) is 15.2 Å². The molecule has 3 aromatic carbocycles. The lowest BCUT2D eigenvalue weighted by atomic mass is 9.91. The van der Waals surface area contributed by atoms with Gasteiger partial charge in [-0.15, -0.1) is 0 Å². The maximum absolute atomic E-state index is 12.4. The summed E-state index contributed by atoms with van der Waals surface area (Å²) in [6.07, 6.45) is 5.61. The predicted octanol–water partition coefficient (Wildman–Crippen LogP) is 6.70. The van der Waals surface area contributed by atoms with E-state index in [0.29, 0.717) is 34.3 Å². The molecule has 1 aliphatic heterocycles. The van der Waals surface area contributed by atoms with Gasteiger partial charge in [-0.3, -0.25) is 19.5 Å². The van der Waals surface area contributed by atoms with Crippen molar-refractivity contribution in [3.8, 4) is 28.7 Å². The molecule has 1 fully saturated rings. The Morgan fingerprint density at radius 2 is 1.67 bits per heavy atom. The molecule has 2 N–H and O–H groups in total. The largest absolute Gasteiger partial charge is 0.488 e. The van der Waals surface area contributed by atoms with E-state index in [2.05, 4.69) is 34.3 Å². The van der Waals surface area contributed by atoms with Gasteiger partial charge in [-0.2, -0.15) is 5.26 Å². The lowest BCUT2D eigenvalue weighted by molar-refractivity contribution is -0.122. The van der Waals surface area contributed by atoms with Crippen LogP contribution < -0.4 is 14.8 Å². The standard InChI is InChI=1S/C35H35ClN4O3.CH2O2/c1-23-27(8-6-9-29(23)30-10-7-11-31(24(30)2)35(41)38-3)22-43-34-16-33(42-21-26-14-25(17-37)18-39-19-26)28(15-32(34)36)20-40-12-4-5-13-40;2-1-3/h6-11,14-16,18-19H,4-5,12-13,20-22H2,1-3H3,(H,38,41);1H,(H,2,3). The number of rotatable bonds is 10. The van der Waals surface area contributed by atoms with Crippen LogP contribution in [0.3, 0.4) is 0 Å². The normalized spacial score (nSPS) is 12.4. The number of carbonyl (C=O) groups excluding carboxylic acids is 1. The van der Waals surface area contributed by atoms with E-state index in [1.165, 1.54) is 19.0 Å². The van der Waals surface area contributed by atoms with E-state index in [1.807, 2.05) is 49.4 Å². The first-order chi connectivity index (χ1) is 22.3. The summed E-state index contributed by atoms with van der Waals surface area (Å²) in [5, 5.41) is 19.4. The SMILES string of the molecule is CNC(=O)c1cccc(-c2cccc(COc3cc(OCc4cncc(C#N)c4)c(CN4CCCC4)cc3Cl)c2C)c1C.O=CO. The zero-order valence-electron chi connectivity index (χ0n) is 26.2. The fraction of sp³-hybridized carbons (Fsp3) is 0.278.